The van der Waals surface area contributed by atoms with E-state index >= 15 is 0 Å². The molecular weight excluding hydrogens is 591 g/mol. The second kappa shape index (κ2) is 10.8. The number of pyridine rings is 1. The first-order chi connectivity index (χ1) is 20.1. The molecule has 0 aliphatic carbocycles. The molecule has 3 aromatic carbocycles. The maximum atomic E-state index is 13.8. The number of nitrogens with zero attached hydrogens (tertiary/aromatic N) is 3. The van der Waals surface area contributed by atoms with Crippen molar-refractivity contribution >= 4 is 27.4 Å². The zero-order valence-electron chi connectivity index (χ0n) is 22.1. The van der Waals surface area contributed by atoms with Crippen molar-refractivity contribution in [3.05, 3.63) is 113 Å². The average molecular weight is 616 g/mol. The third-order valence-corrected chi connectivity index (χ3v) is 9.44. The van der Waals surface area contributed by atoms with Crippen molar-refractivity contribution in [2.45, 2.75) is 23.3 Å². The van der Waals surface area contributed by atoms with Crippen LogP contribution in [0, 0.1) is 0 Å². The van der Waals surface area contributed by atoms with Crippen LogP contribution in [0.1, 0.15) is 23.1 Å². The van der Waals surface area contributed by atoms with E-state index in [1.807, 2.05) is 60.7 Å². The van der Waals surface area contributed by atoms with Crippen LogP contribution in [0.25, 0.3) is 0 Å². The van der Waals surface area contributed by atoms with Crippen LogP contribution in [0.15, 0.2) is 96.0 Å². The molecule has 0 spiro atoms. The predicted octanol–water partition coefficient (Wildman–Crippen LogP) is 6.33. The second-order valence-electron chi connectivity index (χ2n) is 9.93. The lowest BCUT2D eigenvalue weighted by Gasteiger charge is -2.28. The quantitative estimate of drug-likeness (QED) is 0.261. The zero-order valence-corrected chi connectivity index (χ0v) is 23.7. The smallest absolute Gasteiger partial charge is 0.417 e. The van der Waals surface area contributed by atoms with Crippen molar-refractivity contribution in [3.63, 3.8) is 0 Å². The Morgan fingerprint density at radius 2 is 1.45 bits per heavy atom. The van der Waals surface area contributed by atoms with Crippen LogP contribution in [0.4, 0.5) is 19.0 Å². The van der Waals surface area contributed by atoms with Crippen molar-refractivity contribution in [3.8, 4) is 11.5 Å². The van der Waals surface area contributed by atoms with Crippen LogP contribution >= 0.6 is 11.6 Å². The van der Waals surface area contributed by atoms with Crippen molar-refractivity contribution < 1.29 is 31.1 Å². The first kappa shape index (κ1) is 28.3. The molecule has 0 amide bonds. The van der Waals surface area contributed by atoms with E-state index in [-0.39, 0.29) is 35.4 Å². The summed E-state index contributed by atoms with van der Waals surface area (Å²) < 4.78 is 80.8. The lowest BCUT2D eigenvalue weighted by Crippen LogP contribution is -2.36. The molecule has 1 saturated heterocycles. The van der Waals surface area contributed by atoms with Gasteiger partial charge >= 0.3 is 12.0 Å². The van der Waals surface area contributed by atoms with Gasteiger partial charge in [-0.15, -0.1) is 0 Å². The minimum atomic E-state index is -4.56. The Kier molecular flexibility index (Phi) is 7.28. The summed E-state index contributed by atoms with van der Waals surface area (Å²) in [5.41, 5.74) is 0.557. The summed E-state index contributed by atoms with van der Waals surface area (Å²) in [4.78, 5) is 5.68. The van der Waals surface area contributed by atoms with E-state index in [2.05, 4.69) is 4.98 Å². The Morgan fingerprint density at radius 1 is 0.810 bits per heavy atom. The summed E-state index contributed by atoms with van der Waals surface area (Å²) in [5.74, 6) is -0.401. The van der Waals surface area contributed by atoms with E-state index in [1.165, 1.54) is 16.4 Å². The number of sulfonamides is 1. The van der Waals surface area contributed by atoms with E-state index in [9.17, 15) is 21.6 Å². The highest BCUT2D eigenvalue weighted by Gasteiger charge is 2.46. The number of alkyl halides is 3. The largest absolute Gasteiger partial charge is 0.440 e. The van der Waals surface area contributed by atoms with Gasteiger partial charge in [-0.25, -0.2) is 13.4 Å². The molecular formula is C30H25ClF3N3O4S. The van der Waals surface area contributed by atoms with Gasteiger partial charge in [-0.05, 0) is 24.6 Å². The summed E-state index contributed by atoms with van der Waals surface area (Å²) in [5, 5.41) is -0.141. The van der Waals surface area contributed by atoms with Gasteiger partial charge in [0.05, 0.1) is 15.5 Å². The predicted molar refractivity (Wildman–Crippen MR) is 151 cm³/mol. The Labute approximate surface area is 246 Å². The molecule has 0 N–H and O–H groups in total. The normalized spacial score (nSPS) is 17.2. The number of aromatic nitrogens is 1. The maximum Gasteiger partial charge on any atom is 0.417 e. The molecule has 1 fully saturated rings. The first-order valence-electron chi connectivity index (χ1n) is 13.2. The maximum absolute atomic E-state index is 13.8. The highest BCUT2D eigenvalue weighted by atomic mass is 35.5. The number of hydrogen-bond acceptors (Lipinski definition) is 6. The van der Waals surface area contributed by atoms with Crippen LogP contribution in [-0.2, 0) is 22.0 Å². The number of benzene rings is 3. The molecule has 6 rings (SSSR count). The summed E-state index contributed by atoms with van der Waals surface area (Å²) >= 11 is 6.15. The minimum Gasteiger partial charge on any atom is -0.440 e. The van der Waals surface area contributed by atoms with E-state index in [4.69, 9.17) is 21.1 Å². The molecule has 2 aliphatic rings. The Bertz CT molecular complexity index is 1670. The summed E-state index contributed by atoms with van der Waals surface area (Å²) in [6.45, 7) is 0.881. The van der Waals surface area contributed by atoms with Gasteiger partial charge in [0.15, 0.2) is 11.5 Å². The zero-order chi connectivity index (χ0) is 29.5. The molecule has 3 heterocycles. The molecule has 42 heavy (non-hydrogen) atoms. The fourth-order valence-electron chi connectivity index (χ4n) is 5.17. The van der Waals surface area contributed by atoms with Gasteiger partial charge in [0.1, 0.15) is 5.82 Å². The number of halogens is 4. The van der Waals surface area contributed by atoms with Crippen LogP contribution in [0.2, 0.25) is 5.02 Å². The van der Waals surface area contributed by atoms with E-state index < -0.39 is 27.6 Å². The summed E-state index contributed by atoms with van der Waals surface area (Å²) in [6, 6.07) is 24.2. The summed E-state index contributed by atoms with van der Waals surface area (Å²) in [6.07, 6.45) is -3.41. The van der Waals surface area contributed by atoms with Crippen LogP contribution in [0.5, 0.6) is 11.5 Å². The van der Waals surface area contributed by atoms with Crippen molar-refractivity contribution in [2.75, 3.05) is 31.1 Å². The first-order valence-corrected chi connectivity index (χ1v) is 15.0. The molecule has 4 aromatic rings. The molecule has 0 saturated carbocycles. The SMILES string of the molecule is O=S(=O)(c1ccc2c(c1)OC(c1ccccc1)(c1ccccc1)O2)N1CCCN(c2ncc(C(F)(F)F)cc2Cl)CC1. The van der Waals surface area contributed by atoms with Crippen molar-refractivity contribution in [1.82, 2.24) is 9.29 Å². The van der Waals surface area contributed by atoms with Crippen molar-refractivity contribution in [1.29, 1.82) is 0 Å². The fourth-order valence-corrected chi connectivity index (χ4v) is 6.95. The van der Waals surface area contributed by atoms with Crippen LogP contribution in [-0.4, -0.2) is 43.9 Å². The lowest BCUT2D eigenvalue weighted by atomic mass is 9.97. The summed E-state index contributed by atoms with van der Waals surface area (Å²) in [7, 11) is -3.95. The fraction of sp³-hybridized carbons (Fsp3) is 0.233. The van der Waals surface area contributed by atoms with Gasteiger partial charge in [0.25, 0.3) is 0 Å². The molecule has 1 aromatic heterocycles. The van der Waals surface area contributed by atoms with Gasteiger partial charge in [-0.1, -0.05) is 72.3 Å². The third-order valence-electron chi connectivity index (χ3n) is 7.27. The number of rotatable bonds is 5. The van der Waals surface area contributed by atoms with Crippen LogP contribution < -0.4 is 14.4 Å². The van der Waals surface area contributed by atoms with Gasteiger partial charge in [-0.3, -0.25) is 0 Å². The molecule has 12 heteroatoms. The number of anilines is 1. The van der Waals surface area contributed by atoms with Gasteiger partial charge in [0.2, 0.25) is 10.0 Å². The Balaban J connectivity index is 1.24. The van der Waals surface area contributed by atoms with E-state index in [0.29, 0.717) is 24.5 Å². The molecule has 7 nitrogen and oxygen atoms in total. The molecule has 0 atom stereocenters. The minimum absolute atomic E-state index is 0.0425. The molecule has 0 bridgehead atoms. The topological polar surface area (TPSA) is 72.0 Å². The standard InChI is InChI=1S/C30H25ClF3N3O4S/c31-25-18-23(30(32,33)34)20-35-28(25)36-14-7-15-37(17-16-36)42(38,39)24-12-13-26-27(19-24)41-29(40-26,21-8-3-1-4-9-21)22-10-5-2-6-11-22/h1-6,8-13,18-20H,7,14-17H2. The molecule has 0 radical (unpaired) electrons. The number of ether oxygens (including phenoxy) is 2. The van der Waals surface area contributed by atoms with Crippen molar-refractivity contribution in [2.24, 2.45) is 0 Å². The van der Waals surface area contributed by atoms with Gasteiger partial charge < -0.3 is 14.4 Å². The average Bonchev–Trinajstić information content (AvgIpc) is 3.21. The second-order valence-corrected chi connectivity index (χ2v) is 12.3. The number of hydrogen-bond donors (Lipinski definition) is 0. The Hall–Kier alpha value is -3.80. The highest BCUT2D eigenvalue weighted by Crippen LogP contribution is 2.48. The monoisotopic (exact) mass is 615 g/mol. The highest BCUT2D eigenvalue weighted by molar-refractivity contribution is 7.89. The molecule has 218 valence electrons. The lowest BCUT2D eigenvalue weighted by molar-refractivity contribution is -0.137. The van der Waals surface area contributed by atoms with Crippen LogP contribution in [0.3, 0.4) is 0 Å². The number of fused-ring (bicyclic) bond motifs is 1. The van der Waals surface area contributed by atoms with E-state index in [0.717, 1.165) is 23.4 Å². The van der Waals surface area contributed by atoms with Gasteiger partial charge in [0, 0.05) is 49.6 Å². The van der Waals surface area contributed by atoms with E-state index in [1.54, 1.807) is 11.0 Å². The third kappa shape index (κ3) is 5.16. The molecule has 0 unspecified atom stereocenters. The van der Waals surface area contributed by atoms with Gasteiger partial charge in [-0.2, -0.15) is 17.5 Å². The molecule has 2 aliphatic heterocycles. The Morgan fingerprint density at radius 3 is 2.07 bits per heavy atom.